The minimum absolute atomic E-state index is 0.231. The van der Waals surface area contributed by atoms with Gasteiger partial charge in [0.05, 0.1) is 31.3 Å². The Hall–Kier alpha value is -0.960. The lowest BCUT2D eigenvalue weighted by atomic mass is 9.85. The van der Waals surface area contributed by atoms with Crippen molar-refractivity contribution < 1.29 is 59.0 Å². The van der Waals surface area contributed by atoms with Gasteiger partial charge < -0.3 is 46.0 Å². The molecule has 13 nitrogen and oxygen atoms in total. The highest BCUT2D eigenvalue weighted by Gasteiger charge is 2.51. The number of allylic oxidation sites excluding steroid dienone is 2. The molecule has 320 valence electrons. The van der Waals surface area contributed by atoms with Gasteiger partial charge in [-0.05, 0) is 32.1 Å². The highest BCUT2D eigenvalue weighted by atomic mass is 31.2. The predicted octanol–water partition coefficient (Wildman–Crippen LogP) is 5.86. The summed E-state index contributed by atoms with van der Waals surface area (Å²) in [6.07, 6.45) is 15.7. The quantitative estimate of drug-likeness (QED) is 0.0212. The van der Waals surface area contributed by atoms with Crippen molar-refractivity contribution in [3.8, 4) is 0 Å². The van der Waals surface area contributed by atoms with Crippen LogP contribution in [-0.4, -0.2) is 108 Å². The van der Waals surface area contributed by atoms with Crippen LogP contribution in [0.2, 0.25) is 0 Å². The highest BCUT2D eigenvalue weighted by molar-refractivity contribution is 7.47. The smallest absolute Gasteiger partial charge is 0.393 e. The summed E-state index contributed by atoms with van der Waals surface area (Å²) in [6, 6.07) is -1.15. The number of aliphatic hydroxyl groups excluding tert-OH is 7. The second-order valence-electron chi connectivity index (χ2n) is 15.4. The first-order valence-corrected chi connectivity index (χ1v) is 22.7. The van der Waals surface area contributed by atoms with E-state index in [-0.39, 0.29) is 12.8 Å². The molecule has 8 atom stereocenters. The standard InChI is InChI=1S/C40H78NO12P/c1-3-5-7-9-11-13-14-15-16-17-18-20-22-24-26-28-33(43)32(41-34(44)29-31(42)27-25-23-21-19-12-10-8-6-4-2)30-52-54(50,51)53-40-38(48)36(46)35(45)37(47)39(40)49/h10,12,31-33,35-40,42-43,45-49H,3-9,11,13-30H2,1-2H3,(H,41,44)(H,50,51)/b12-10-. The number of carbonyl (C=O) groups is 1. The number of amides is 1. The summed E-state index contributed by atoms with van der Waals surface area (Å²) in [6.45, 7) is 3.71. The molecule has 1 rings (SSSR count). The fraction of sp³-hybridized carbons (Fsp3) is 0.925. The summed E-state index contributed by atoms with van der Waals surface area (Å²) in [5, 5.41) is 74.3. The third-order valence-electron chi connectivity index (χ3n) is 10.4. The number of unbranched alkanes of at least 4 members (excludes halogenated alkanes) is 19. The molecule has 1 aliphatic rings. The van der Waals surface area contributed by atoms with Gasteiger partial charge in [-0.1, -0.05) is 148 Å². The number of nitrogens with one attached hydrogen (secondary N) is 1. The van der Waals surface area contributed by atoms with E-state index in [9.17, 15) is 50.0 Å². The van der Waals surface area contributed by atoms with Crippen molar-refractivity contribution in [2.75, 3.05) is 6.61 Å². The average molecular weight is 796 g/mol. The van der Waals surface area contributed by atoms with E-state index in [2.05, 4.69) is 31.3 Å². The zero-order valence-corrected chi connectivity index (χ0v) is 34.3. The highest BCUT2D eigenvalue weighted by Crippen LogP contribution is 2.47. The first kappa shape index (κ1) is 51.1. The summed E-state index contributed by atoms with van der Waals surface area (Å²) in [7, 11) is -5.11. The molecular weight excluding hydrogens is 717 g/mol. The monoisotopic (exact) mass is 796 g/mol. The normalized spacial score (nSPS) is 24.7. The lowest BCUT2D eigenvalue weighted by Crippen LogP contribution is -2.64. The lowest BCUT2D eigenvalue weighted by molar-refractivity contribution is -0.220. The van der Waals surface area contributed by atoms with Gasteiger partial charge in [0, 0.05) is 0 Å². The third-order valence-corrected chi connectivity index (χ3v) is 11.4. The Morgan fingerprint density at radius 3 is 1.57 bits per heavy atom. The average Bonchev–Trinajstić information content (AvgIpc) is 3.14. The number of carbonyl (C=O) groups excluding carboxylic acids is 1. The van der Waals surface area contributed by atoms with Gasteiger partial charge in [-0.25, -0.2) is 4.57 Å². The summed E-state index contributed by atoms with van der Waals surface area (Å²) < 4.78 is 22.8. The third kappa shape index (κ3) is 23.3. The zero-order valence-electron chi connectivity index (χ0n) is 33.4. The molecule has 8 unspecified atom stereocenters. The first-order valence-electron chi connectivity index (χ1n) is 21.2. The van der Waals surface area contributed by atoms with Crippen molar-refractivity contribution in [1.29, 1.82) is 0 Å². The number of phosphoric ester groups is 1. The van der Waals surface area contributed by atoms with Crippen LogP contribution in [0, 0.1) is 0 Å². The molecule has 0 spiro atoms. The van der Waals surface area contributed by atoms with E-state index in [1.807, 2.05) is 0 Å². The predicted molar refractivity (Wildman–Crippen MR) is 211 cm³/mol. The molecule has 0 aromatic rings. The van der Waals surface area contributed by atoms with E-state index in [0.717, 1.165) is 57.8 Å². The molecule has 0 aliphatic heterocycles. The van der Waals surface area contributed by atoms with Crippen molar-refractivity contribution in [3.05, 3.63) is 12.2 Å². The summed E-state index contributed by atoms with van der Waals surface area (Å²) in [5.74, 6) is -0.572. The summed E-state index contributed by atoms with van der Waals surface area (Å²) >= 11 is 0. The molecule has 0 heterocycles. The fourth-order valence-electron chi connectivity index (χ4n) is 6.81. The SMILES string of the molecule is CCCC/C=C\CCCCCC(O)CC(=O)NC(COP(=O)(O)OC1C(O)C(O)C(O)C(O)C1O)C(O)CCCCCCCCCCCCCCCCC. The Balaban J connectivity index is 2.58. The Bertz CT molecular complexity index is 990. The molecule has 1 aliphatic carbocycles. The van der Waals surface area contributed by atoms with E-state index in [1.165, 1.54) is 77.0 Å². The van der Waals surface area contributed by atoms with Gasteiger partial charge in [-0.3, -0.25) is 13.8 Å². The molecule has 9 N–H and O–H groups in total. The fourth-order valence-corrected chi connectivity index (χ4v) is 7.78. The van der Waals surface area contributed by atoms with Crippen LogP contribution in [0.15, 0.2) is 12.2 Å². The van der Waals surface area contributed by atoms with E-state index >= 15 is 0 Å². The molecule has 0 aromatic heterocycles. The van der Waals surface area contributed by atoms with Crippen LogP contribution < -0.4 is 5.32 Å². The Morgan fingerprint density at radius 1 is 0.630 bits per heavy atom. The van der Waals surface area contributed by atoms with E-state index in [1.54, 1.807) is 0 Å². The van der Waals surface area contributed by atoms with Gasteiger partial charge in [-0.15, -0.1) is 0 Å². The van der Waals surface area contributed by atoms with Crippen molar-refractivity contribution in [2.24, 2.45) is 0 Å². The van der Waals surface area contributed by atoms with Crippen LogP contribution in [0.3, 0.4) is 0 Å². The number of aliphatic hydroxyl groups is 7. The van der Waals surface area contributed by atoms with Crippen molar-refractivity contribution in [3.63, 3.8) is 0 Å². The summed E-state index contributed by atoms with van der Waals surface area (Å²) in [5.41, 5.74) is 0. The minimum Gasteiger partial charge on any atom is -0.393 e. The Labute approximate surface area is 325 Å². The van der Waals surface area contributed by atoms with E-state index in [4.69, 9.17) is 9.05 Å². The maximum atomic E-state index is 12.9. The van der Waals surface area contributed by atoms with Crippen LogP contribution in [0.25, 0.3) is 0 Å². The van der Waals surface area contributed by atoms with Gasteiger partial charge >= 0.3 is 7.82 Å². The van der Waals surface area contributed by atoms with Crippen molar-refractivity contribution in [2.45, 2.75) is 229 Å². The lowest BCUT2D eigenvalue weighted by Gasteiger charge is -2.41. The van der Waals surface area contributed by atoms with Crippen LogP contribution in [-0.2, 0) is 18.4 Å². The number of hydrogen-bond acceptors (Lipinski definition) is 11. The maximum Gasteiger partial charge on any atom is 0.472 e. The molecule has 1 fully saturated rings. The molecule has 0 saturated heterocycles. The maximum absolute atomic E-state index is 12.9. The first-order chi connectivity index (χ1) is 25.8. The molecular formula is C40H78NO12P. The van der Waals surface area contributed by atoms with Crippen molar-refractivity contribution >= 4 is 13.7 Å². The van der Waals surface area contributed by atoms with Crippen LogP contribution in [0.1, 0.15) is 174 Å². The van der Waals surface area contributed by atoms with Gasteiger partial charge in [0.1, 0.15) is 36.6 Å². The molecule has 1 saturated carbocycles. The molecule has 0 bridgehead atoms. The molecule has 1 amide bonds. The van der Waals surface area contributed by atoms with E-state index in [0.29, 0.717) is 12.8 Å². The number of hydrogen-bond donors (Lipinski definition) is 9. The molecule has 0 aromatic carbocycles. The Morgan fingerprint density at radius 2 is 1.06 bits per heavy atom. The van der Waals surface area contributed by atoms with Gasteiger partial charge in [0.15, 0.2) is 0 Å². The molecule has 54 heavy (non-hydrogen) atoms. The van der Waals surface area contributed by atoms with Crippen LogP contribution >= 0.6 is 7.82 Å². The van der Waals surface area contributed by atoms with E-state index < -0.39 is 75.2 Å². The zero-order chi connectivity index (χ0) is 40.2. The minimum atomic E-state index is -5.11. The topological polar surface area (TPSA) is 226 Å². The van der Waals surface area contributed by atoms with Gasteiger partial charge in [-0.2, -0.15) is 0 Å². The van der Waals surface area contributed by atoms with Crippen LogP contribution in [0.5, 0.6) is 0 Å². The molecule has 0 radical (unpaired) electrons. The molecule has 14 heteroatoms. The van der Waals surface area contributed by atoms with Crippen LogP contribution in [0.4, 0.5) is 0 Å². The van der Waals surface area contributed by atoms with Gasteiger partial charge in [0.25, 0.3) is 0 Å². The largest absolute Gasteiger partial charge is 0.472 e. The number of rotatable bonds is 34. The second kappa shape index (κ2) is 31.1. The number of phosphoric acid groups is 1. The Kier molecular flexibility index (Phi) is 29.4. The second-order valence-corrected chi connectivity index (χ2v) is 16.8. The summed E-state index contributed by atoms with van der Waals surface area (Å²) in [4.78, 5) is 23.3. The van der Waals surface area contributed by atoms with Crippen molar-refractivity contribution in [1.82, 2.24) is 5.32 Å². The van der Waals surface area contributed by atoms with Gasteiger partial charge in [0.2, 0.25) is 5.91 Å².